The number of esters is 1. The van der Waals surface area contributed by atoms with Crippen molar-refractivity contribution in [3.63, 3.8) is 0 Å². The molecule has 2 heterocycles. The van der Waals surface area contributed by atoms with Gasteiger partial charge < -0.3 is 9.15 Å². The molecule has 0 bridgehead atoms. The third kappa shape index (κ3) is 3.97. The zero-order chi connectivity index (χ0) is 21.1. The lowest BCUT2D eigenvalue weighted by Crippen LogP contribution is -2.14. The molecule has 4 aromatic rings. The third-order valence-corrected chi connectivity index (χ3v) is 4.95. The lowest BCUT2D eigenvalue weighted by atomic mass is 10.2. The summed E-state index contributed by atoms with van der Waals surface area (Å²) in [6.07, 6.45) is 2.49. The molecule has 9 heteroatoms. The van der Waals surface area contributed by atoms with Crippen molar-refractivity contribution in [3.05, 3.63) is 78.2 Å². The van der Waals surface area contributed by atoms with Gasteiger partial charge in [0.05, 0.1) is 6.20 Å². The number of hydrogen-bond acceptors (Lipinski definition) is 7. The van der Waals surface area contributed by atoms with Gasteiger partial charge in [0.2, 0.25) is 5.89 Å². The maximum Gasteiger partial charge on any atom is 0.357 e. The van der Waals surface area contributed by atoms with Gasteiger partial charge >= 0.3 is 5.97 Å². The molecular formula is C21H17FN4O3S. The highest BCUT2D eigenvalue weighted by Gasteiger charge is 2.24. The summed E-state index contributed by atoms with van der Waals surface area (Å²) in [6.45, 7) is 1.65. The van der Waals surface area contributed by atoms with E-state index in [9.17, 15) is 9.18 Å². The molecular weight excluding hydrogens is 407 g/mol. The van der Waals surface area contributed by atoms with Gasteiger partial charge in [0, 0.05) is 11.3 Å². The van der Waals surface area contributed by atoms with Gasteiger partial charge in [-0.1, -0.05) is 30.0 Å². The monoisotopic (exact) mass is 424 g/mol. The van der Waals surface area contributed by atoms with Gasteiger partial charge in [-0.3, -0.25) is 4.57 Å². The average Bonchev–Trinajstić information content (AvgIpc) is 3.42. The number of carbonyl (C=O) groups is 1. The molecule has 0 fully saturated rings. The average molecular weight is 424 g/mol. The van der Waals surface area contributed by atoms with E-state index in [-0.39, 0.29) is 17.4 Å². The molecule has 0 N–H and O–H groups in total. The number of benzene rings is 2. The maximum absolute atomic E-state index is 13.3. The molecule has 0 spiro atoms. The number of aromatic nitrogens is 4. The number of halogens is 1. The molecule has 1 unspecified atom stereocenters. The first-order valence-electron chi connectivity index (χ1n) is 9.04. The van der Waals surface area contributed by atoms with Crippen LogP contribution in [-0.4, -0.2) is 32.0 Å². The summed E-state index contributed by atoms with van der Waals surface area (Å²) in [5.74, 6) is -0.457. The quantitative estimate of drug-likeness (QED) is 0.328. The Kier molecular flexibility index (Phi) is 5.62. The Hall–Kier alpha value is -3.46. The van der Waals surface area contributed by atoms with Crippen LogP contribution < -0.4 is 0 Å². The molecule has 0 aliphatic rings. The van der Waals surface area contributed by atoms with Crippen molar-refractivity contribution in [1.82, 2.24) is 19.7 Å². The second-order valence-corrected chi connectivity index (χ2v) is 7.07. The van der Waals surface area contributed by atoms with Crippen molar-refractivity contribution >= 4 is 17.7 Å². The van der Waals surface area contributed by atoms with Crippen molar-refractivity contribution < 1.29 is 18.3 Å². The Bertz CT molecular complexity index is 1160. The lowest BCUT2D eigenvalue weighted by molar-refractivity contribution is 0.0269. The molecule has 0 saturated heterocycles. The smallest absolute Gasteiger partial charge is 0.357 e. The highest BCUT2D eigenvalue weighted by atomic mass is 32.2. The molecule has 0 radical (unpaired) electrons. The molecule has 30 heavy (non-hydrogen) atoms. The summed E-state index contributed by atoms with van der Waals surface area (Å²) in [4.78, 5) is 17.1. The van der Waals surface area contributed by atoms with Crippen LogP contribution in [0, 0.1) is 5.82 Å². The van der Waals surface area contributed by atoms with Crippen molar-refractivity contribution in [2.75, 3.05) is 6.26 Å². The van der Waals surface area contributed by atoms with Crippen LogP contribution in [-0.2, 0) is 4.74 Å². The minimum atomic E-state index is -0.767. The Morgan fingerprint density at radius 2 is 1.87 bits per heavy atom. The van der Waals surface area contributed by atoms with Gasteiger partial charge in [0.1, 0.15) is 5.82 Å². The van der Waals surface area contributed by atoms with E-state index in [4.69, 9.17) is 9.15 Å². The van der Waals surface area contributed by atoms with Crippen LogP contribution in [0.4, 0.5) is 4.39 Å². The van der Waals surface area contributed by atoms with E-state index in [2.05, 4.69) is 15.2 Å². The lowest BCUT2D eigenvalue weighted by Gasteiger charge is -2.13. The fourth-order valence-electron chi connectivity index (χ4n) is 2.83. The minimum absolute atomic E-state index is 0.181. The maximum atomic E-state index is 13.3. The first-order valence-corrected chi connectivity index (χ1v) is 10.3. The summed E-state index contributed by atoms with van der Waals surface area (Å²) in [5.41, 5.74) is 1.58. The third-order valence-electron chi connectivity index (χ3n) is 4.30. The standard InChI is InChI=1S/C21H17FN4O3S/c1-13(18-24-25-19(29-18)14-6-4-3-5-7-14)28-20(27)17-12-23-21(30-2)26(17)16-10-8-15(22)9-11-16/h3-13H,1-2H3. The van der Waals surface area contributed by atoms with Crippen LogP contribution in [0.1, 0.15) is 29.4 Å². The second-order valence-electron chi connectivity index (χ2n) is 6.30. The van der Waals surface area contributed by atoms with E-state index in [0.29, 0.717) is 16.7 Å². The number of carbonyl (C=O) groups excluding carboxylic acids is 1. The SMILES string of the molecule is CSc1ncc(C(=O)OC(C)c2nnc(-c3ccccc3)o2)n1-c1ccc(F)cc1. The molecule has 1 atom stereocenters. The number of ether oxygens (including phenoxy) is 1. The van der Waals surface area contributed by atoms with Gasteiger partial charge in [0.15, 0.2) is 17.0 Å². The van der Waals surface area contributed by atoms with E-state index >= 15 is 0 Å². The van der Waals surface area contributed by atoms with Crippen LogP contribution in [0.15, 0.2) is 70.4 Å². The van der Waals surface area contributed by atoms with Crippen LogP contribution in [0.3, 0.4) is 0 Å². The fourth-order valence-corrected chi connectivity index (χ4v) is 3.37. The zero-order valence-corrected chi connectivity index (χ0v) is 17.0. The summed E-state index contributed by atoms with van der Waals surface area (Å²) in [6, 6.07) is 15.1. The number of thioether (sulfide) groups is 1. The van der Waals surface area contributed by atoms with Crippen LogP contribution >= 0.6 is 11.8 Å². The number of nitrogens with zero attached hydrogens (tertiary/aromatic N) is 4. The van der Waals surface area contributed by atoms with E-state index in [1.54, 1.807) is 23.6 Å². The molecule has 2 aromatic carbocycles. The van der Waals surface area contributed by atoms with E-state index in [0.717, 1.165) is 5.56 Å². The summed E-state index contributed by atoms with van der Waals surface area (Å²) >= 11 is 1.36. The molecule has 7 nitrogen and oxygen atoms in total. The molecule has 0 aliphatic heterocycles. The van der Waals surface area contributed by atoms with Gasteiger partial charge in [-0.15, -0.1) is 10.2 Å². The van der Waals surface area contributed by atoms with Crippen molar-refractivity contribution in [2.45, 2.75) is 18.2 Å². The molecule has 0 amide bonds. The predicted molar refractivity (Wildman–Crippen MR) is 109 cm³/mol. The first-order chi connectivity index (χ1) is 14.6. The second kappa shape index (κ2) is 8.50. The van der Waals surface area contributed by atoms with Gasteiger partial charge in [-0.2, -0.15) is 0 Å². The number of rotatable bonds is 6. The van der Waals surface area contributed by atoms with Gasteiger partial charge in [-0.25, -0.2) is 14.2 Å². The summed E-state index contributed by atoms with van der Waals surface area (Å²) in [7, 11) is 0. The Balaban J connectivity index is 1.57. The summed E-state index contributed by atoms with van der Waals surface area (Å²) in [5, 5.41) is 8.58. The zero-order valence-electron chi connectivity index (χ0n) is 16.2. The van der Waals surface area contributed by atoms with Crippen LogP contribution in [0.5, 0.6) is 0 Å². The highest BCUT2D eigenvalue weighted by molar-refractivity contribution is 7.98. The molecule has 0 aliphatic carbocycles. The highest BCUT2D eigenvalue weighted by Crippen LogP contribution is 2.26. The minimum Gasteiger partial charge on any atom is -0.448 e. The number of imidazole rings is 1. The van der Waals surface area contributed by atoms with Crippen LogP contribution in [0.25, 0.3) is 17.1 Å². The van der Waals surface area contributed by atoms with E-state index in [1.165, 1.54) is 30.1 Å². The van der Waals surface area contributed by atoms with Crippen molar-refractivity contribution in [1.29, 1.82) is 0 Å². The van der Waals surface area contributed by atoms with E-state index < -0.39 is 12.1 Å². The normalized spacial score (nSPS) is 12.0. The Morgan fingerprint density at radius 1 is 1.13 bits per heavy atom. The first kappa shape index (κ1) is 19.8. The topological polar surface area (TPSA) is 83.0 Å². The van der Waals surface area contributed by atoms with Crippen LogP contribution in [0.2, 0.25) is 0 Å². The largest absolute Gasteiger partial charge is 0.448 e. The Labute approximate surface area is 175 Å². The summed E-state index contributed by atoms with van der Waals surface area (Å²) < 4.78 is 26.1. The fraction of sp³-hybridized carbons (Fsp3) is 0.143. The van der Waals surface area contributed by atoms with Gasteiger partial charge in [0.25, 0.3) is 5.89 Å². The van der Waals surface area contributed by atoms with Crippen molar-refractivity contribution in [3.8, 4) is 17.1 Å². The molecule has 152 valence electrons. The molecule has 0 saturated carbocycles. The Morgan fingerprint density at radius 3 is 2.57 bits per heavy atom. The van der Waals surface area contributed by atoms with Gasteiger partial charge in [-0.05, 0) is 49.6 Å². The van der Waals surface area contributed by atoms with E-state index in [1.807, 2.05) is 36.6 Å². The molecule has 2 aromatic heterocycles. The number of hydrogen-bond donors (Lipinski definition) is 0. The van der Waals surface area contributed by atoms with Crippen molar-refractivity contribution in [2.24, 2.45) is 0 Å². The molecule has 4 rings (SSSR count). The predicted octanol–water partition coefficient (Wildman–Crippen LogP) is 4.70.